The molecule has 2 saturated heterocycles. The average Bonchev–Trinajstić information content (AvgIpc) is 2.63. The molecule has 0 aliphatic carbocycles. The van der Waals surface area contributed by atoms with Gasteiger partial charge in [-0.15, -0.1) is 0 Å². The molecule has 0 aromatic heterocycles. The van der Waals surface area contributed by atoms with Crippen molar-refractivity contribution in [2.75, 3.05) is 18.1 Å². The summed E-state index contributed by atoms with van der Waals surface area (Å²) in [6, 6.07) is 0.437. The topological polar surface area (TPSA) is 44.2 Å². The van der Waals surface area contributed by atoms with Crippen LogP contribution in [0.1, 0.15) is 19.8 Å². The highest BCUT2D eigenvalue weighted by Crippen LogP contribution is 2.39. The van der Waals surface area contributed by atoms with E-state index in [1.165, 1.54) is 0 Å². The van der Waals surface area contributed by atoms with Crippen LogP contribution in [0.2, 0.25) is 0 Å². The largest absolute Gasteiger partial charge is 0.240 e. The lowest BCUT2D eigenvalue weighted by molar-refractivity contribution is 0.435. The molecule has 1 N–H and O–H groups in total. The summed E-state index contributed by atoms with van der Waals surface area (Å²) in [6.07, 6.45) is 2.01. The van der Waals surface area contributed by atoms with Crippen molar-refractivity contribution in [1.29, 1.82) is 4.78 Å². The Morgan fingerprint density at radius 2 is 2.46 bits per heavy atom. The van der Waals surface area contributed by atoms with Gasteiger partial charge in [-0.2, -0.15) is 11.8 Å². The van der Waals surface area contributed by atoms with E-state index >= 15 is 0 Å². The first-order chi connectivity index (χ1) is 6.13. The van der Waals surface area contributed by atoms with Crippen molar-refractivity contribution in [3.05, 3.63) is 0 Å². The van der Waals surface area contributed by atoms with Crippen molar-refractivity contribution in [2.45, 2.75) is 31.1 Å². The van der Waals surface area contributed by atoms with Crippen molar-refractivity contribution in [3.8, 4) is 0 Å². The van der Waals surface area contributed by atoms with E-state index in [4.69, 9.17) is 4.78 Å². The van der Waals surface area contributed by atoms with Crippen molar-refractivity contribution in [1.82, 2.24) is 4.31 Å². The van der Waals surface area contributed by atoms with Gasteiger partial charge in [-0.25, -0.2) is 13.3 Å². The van der Waals surface area contributed by atoms with Crippen molar-refractivity contribution < 1.29 is 4.21 Å². The molecule has 3 nitrogen and oxygen atoms in total. The zero-order valence-electron chi connectivity index (χ0n) is 7.86. The smallest absolute Gasteiger partial charge is 0.108 e. The zero-order chi connectivity index (χ0) is 9.47. The third-order valence-corrected chi connectivity index (χ3v) is 6.27. The molecule has 0 aromatic rings. The van der Waals surface area contributed by atoms with Crippen LogP contribution in [0.25, 0.3) is 0 Å². The van der Waals surface area contributed by atoms with Gasteiger partial charge in [0.05, 0.1) is 0 Å². The molecule has 3 atom stereocenters. The molecular formula is C8H16N2OS2. The third kappa shape index (κ3) is 1.74. The summed E-state index contributed by atoms with van der Waals surface area (Å²) < 4.78 is 21.7. The van der Waals surface area contributed by atoms with Crippen LogP contribution in [0, 0.1) is 4.78 Å². The molecule has 5 heteroatoms. The Bertz CT molecular complexity index is 289. The lowest BCUT2D eigenvalue weighted by Gasteiger charge is -2.27. The molecule has 2 bridgehead atoms. The fourth-order valence-corrected chi connectivity index (χ4v) is 5.59. The molecule has 76 valence electrons. The van der Waals surface area contributed by atoms with Crippen LogP contribution in [-0.4, -0.2) is 37.9 Å². The van der Waals surface area contributed by atoms with Crippen LogP contribution in [-0.2, 0) is 9.92 Å². The number of hydrogen-bond donors (Lipinski definition) is 1. The lowest BCUT2D eigenvalue weighted by Crippen LogP contribution is -2.39. The maximum atomic E-state index is 12.0. The summed E-state index contributed by atoms with van der Waals surface area (Å²) in [5, 5.41) is 0.660. The highest BCUT2D eigenvalue weighted by molar-refractivity contribution is 8.00. The van der Waals surface area contributed by atoms with E-state index in [1.54, 1.807) is 0 Å². The van der Waals surface area contributed by atoms with E-state index in [0.29, 0.717) is 17.0 Å². The minimum absolute atomic E-state index is 0.437. The quantitative estimate of drug-likeness (QED) is 0.784. The predicted octanol–water partition coefficient (Wildman–Crippen LogP) is 1.55. The molecule has 2 rings (SSSR count). The minimum atomic E-state index is -2.42. The van der Waals surface area contributed by atoms with E-state index in [-0.39, 0.29) is 0 Å². The molecule has 0 amide bonds. The summed E-state index contributed by atoms with van der Waals surface area (Å²) in [5.41, 5.74) is 0. The number of nitrogens with one attached hydrogen (secondary N) is 1. The predicted molar refractivity (Wildman–Crippen MR) is 57.4 cm³/mol. The average molecular weight is 220 g/mol. The Balaban J connectivity index is 2.10. The van der Waals surface area contributed by atoms with Gasteiger partial charge < -0.3 is 0 Å². The summed E-state index contributed by atoms with van der Waals surface area (Å²) in [4.78, 5) is 0. The van der Waals surface area contributed by atoms with Crippen LogP contribution in [0.4, 0.5) is 0 Å². The molecule has 0 spiro atoms. The van der Waals surface area contributed by atoms with Gasteiger partial charge in [0.25, 0.3) is 0 Å². The normalized spacial score (nSPS) is 37.9. The number of rotatable bonds is 3. The first kappa shape index (κ1) is 9.80. The van der Waals surface area contributed by atoms with Gasteiger partial charge in [0, 0.05) is 29.3 Å². The third-order valence-electron chi connectivity index (χ3n) is 2.71. The number of hydrogen-bond acceptors (Lipinski definition) is 3. The second-order valence-electron chi connectivity index (χ2n) is 3.79. The van der Waals surface area contributed by atoms with Gasteiger partial charge >= 0.3 is 0 Å². The highest BCUT2D eigenvalue weighted by Gasteiger charge is 2.42. The van der Waals surface area contributed by atoms with Crippen LogP contribution < -0.4 is 0 Å². The summed E-state index contributed by atoms with van der Waals surface area (Å²) >= 11 is 1.98. The van der Waals surface area contributed by atoms with Gasteiger partial charge in [0.15, 0.2) is 0 Å². The monoisotopic (exact) mass is 220 g/mol. The van der Waals surface area contributed by atoms with Gasteiger partial charge in [-0.3, -0.25) is 0 Å². The fraction of sp³-hybridized carbons (Fsp3) is 1.00. The Labute approximate surface area is 84.4 Å². The molecule has 2 aliphatic heterocycles. The molecule has 0 saturated carbocycles. The molecular weight excluding hydrogens is 204 g/mol. The second-order valence-corrected chi connectivity index (χ2v) is 7.28. The highest BCUT2D eigenvalue weighted by atomic mass is 32.2. The summed E-state index contributed by atoms with van der Waals surface area (Å²) in [7, 11) is -2.42. The van der Waals surface area contributed by atoms with Gasteiger partial charge in [0.1, 0.15) is 9.92 Å². The number of thioether (sulfide) groups is 1. The molecule has 13 heavy (non-hydrogen) atoms. The first-order valence-corrected chi connectivity index (χ1v) is 7.51. The molecule has 3 unspecified atom stereocenters. The van der Waals surface area contributed by atoms with E-state index in [2.05, 4.69) is 0 Å². The van der Waals surface area contributed by atoms with Gasteiger partial charge in [-0.05, 0) is 12.8 Å². The second kappa shape index (κ2) is 3.44. The first-order valence-electron chi connectivity index (χ1n) is 4.78. The number of nitrogens with zero attached hydrogens (tertiary/aromatic N) is 1. The van der Waals surface area contributed by atoms with E-state index in [9.17, 15) is 4.21 Å². The summed E-state index contributed by atoms with van der Waals surface area (Å²) in [5.74, 6) is 1.63. The standard InChI is InChI=1S/C8H16N2OS2/c1-2-3-13(9,11)10-5-8-4-7(10)6-12-8/h7-9H,2-6H2,1H3. The zero-order valence-corrected chi connectivity index (χ0v) is 9.50. The maximum Gasteiger partial charge on any atom is 0.108 e. The molecule has 0 aromatic carbocycles. The Kier molecular flexibility index (Phi) is 2.59. The van der Waals surface area contributed by atoms with Crippen LogP contribution in [0.5, 0.6) is 0 Å². The Hall–Kier alpha value is 0.260. The molecule has 2 fully saturated rings. The van der Waals surface area contributed by atoms with Gasteiger partial charge in [-0.1, -0.05) is 6.92 Å². The molecule has 0 radical (unpaired) electrons. The van der Waals surface area contributed by atoms with Crippen molar-refractivity contribution >= 4 is 21.7 Å². The van der Waals surface area contributed by atoms with E-state index < -0.39 is 9.92 Å². The van der Waals surface area contributed by atoms with E-state index in [1.807, 2.05) is 23.0 Å². The Morgan fingerprint density at radius 1 is 1.69 bits per heavy atom. The minimum Gasteiger partial charge on any atom is -0.240 e. The van der Waals surface area contributed by atoms with Crippen LogP contribution in [0.3, 0.4) is 0 Å². The lowest BCUT2D eigenvalue weighted by atomic mass is 10.3. The van der Waals surface area contributed by atoms with Crippen LogP contribution in [0.15, 0.2) is 0 Å². The molecule has 2 aliphatic rings. The fourth-order valence-electron chi connectivity index (χ4n) is 2.12. The molecule has 2 heterocycles. The number of fused-ring (bicyclic) bond motifs is 2. The van der Waals surface area contributed by atoms with Gasteiger partial charge in [0.2, 0.25) is 0 Å². The van der Waals surface area contributed by atoms with Crippen molar-refractivity contribution in [2.24, 2.45) is 0 Å². The Morgan fingerprint density at radius 3 is 2.92 bits per heavy atom. The van der Waals surface area contributed by atoms with Crippen molar-refractivity contribution in [3.63, 3.8) is 0 Å². The SMILES string of the molecule is CCCS(=N)(=O)N1CC2CC1CS2. The maximum absolute atomic E-state index is 12.0. The van der Waals surface area contributed by atoms with Crippen LogP contribution >= 0.6 is 11.8 Å². The summed E-state index contributed by atoms with van der Waals surface area (Å²) in [6.45, 7) is 2.88. The van der Waals surface area contributed by atoms with E-state index in [0.717, 1.165) is 25.1 Å².